The summed E-state index contributed by atoms with van der Waals surface area (Å²) in [5.74, 6) is 1.17. The lowest BCUT2D eigenvalue weighted by Gasteiger charge is -2.31. The fourth-order valence-electron chi connectivity index (χ4n) is 3.79. The van der Waals surface area contributed by atoms with Crippen molar-refractivity contribution < 1.29 is 17.9 Å². The largest absolute Gasteiger partial charge is 0.483 e. The van der Waals surface area contributed by atoms with Gasteiger partial charge in [-0.3, -0.25) is 4.79 Å². The van der Waals surface area contributed by atoms with Crippen molar-refractivity contribution in [3.63, 3.8) is 0 Å². The standard InChI is InChI=1S/C24H32N2O4S/c1-18(2)22-10-9-19(3)15-23(22)30-17-24(27)25-16-20-11-13-26(14-12-20)31(28,29)21-7-5-4-6-8-21/h4-10,15,18,20H,11-14,16-17H2,1-3H3,(H,25,27). The third-order valence-electron chi connectivity index (χ3n) is 5.69. The van der Waals surface area contributed by atoms with E-state index in [1.165, 1.54) is 4.31 Å². The van der Waals surface area contributed by atoms with E-state index in [4.69, 9.17) is 4.74 Å². The number of nitrogens with one attached hydrogen (secondary N) is 1. The fraction of sp³-hybridized carbons (Fsp3) is 0.458. The first-order chi connectivity index (χ1) is 14.8. The van der Waals surface area contributed by atoms with Crippen molar-refractivity contribution in [2.75, 3.05) is 26.2 Å². The number of aryl methyl sites for hydroxylation is 1. The molecule has 0 unspecified atom stereocenters. The van der Waals surface area contributed by atoms with Crippen LogP contribution < -0.4 is 10.1 Å². The molecular formula is C24H32N2O4S. The van der Waals surface area contributed by atoms with Crippen LogP contribution in [0.15, 0.2) is 53.4 Å². The van der Waals surface area contributed by atoms with Crippen LogP contribution in [0.4, 0.5) is 0 Å². The van der Waals surface area contributed by atoms with Crippen LogP contribution in [-0.4, -0.2) is 44.9 Å². The van der Waals surface area contributed by atoms with E-state index in [1.54, 1.807) is 30.3 Å². The molecule has 3 rings (SSSR count). The Labute approximate surface area is 185 Å². The number of nitrogens with zero attached hydrogens (tertiary/aromatic N) is 1. The van der Waals surface area contributed by atoms with Crippen LogP contribution in [0.2, 0.25) is 0 Å². The third kappa shape index (κ3) is 6.08. The molecule has 0 atom stereocenters. The molecule has 7 heteroatoms. The van der Waals surface area contributed by atoms with Crippen molar-refractivity contribution in [3.05, 3.63) is 59.7 Å². The lowest BCUT2D eigenvalue weighted by molar-refractivity contribution is -0.123. The molecule has 0 aromatic heterocycles. The predicted molar refractivity (Wildman–Crippen MR) is 122 cm³/mol. The molecule has 2 aromatic rings. The summed E-state index contributed by atoms with van der Waals surface area (Å²) in [7, 11) is -3.44. The monoisotopic (exact) mass is 444 g/mol. The molecule has 1 fully saturated rings. The highest BCUT2D eigenvalue weighted by molar-refractivity contribution is 7.89. The molecule has 1 aliphatic rings. The van der Waals surface area contributed by atoms with Crippen LogP contribution in [-0.2, 0) is 14.8 Å². The summed E-state index contributed by atoms with van der Waals surface area (Å²) in [6, 6.07) is 14.6. The molecule has 1 N–H and O–H groups in total. The normalized spacial score (nSPS) is 15.7. The molecule has 31 heavy (non-hydrogen) atoms. The molecule has 1 amide bonds. The average Bonchev–Trinajstić information content (AvgIpc) is 2.77. The first-order valence-electron chi connectivity index (χ1n) is 10.8. The summed E-state index contributed by atoms with van der Waals surface area (Å²) in [6.45, 7) is 7.65. The van der Waals surface area contributed by atoms with Crippen LogP contribution in [0.25, 0.3) is 0 Å². The van der Waals surface area contributed by atoms with Crippen LogP contribution in [0, 0.1) is 12.8 Å². The number of piperidine rings is 1. The summed E-state index contributed by atoms with van der Waals surface area (Å²) in [5.41, 5.74) is 2.18. The zero-order valence-corrected chi connectivity index (χ0v) is 19.3. The molecule has 6 nitrogen and oxygen atoms in total. The van der Waals surface area contributed by atoms with E-state index < -0.39 is 10.0 Å². The maximum Gasteiger partial charge on any atom is 0.257 e. The van der Waals surface area contributed by atoms with Gasteiger partial charge in [0.25, 0.3) is 5.91 Å². The Balaban J connectivity index is 1.45. The second kappa shape index (κ2) is 10.3. The first kappa shape index (κ1) is 23.3. The number of carbonyl (C=O) groups excluding carboxylic acids is 1. The smallest absolute Gasteiger partial charge is 0.257 e. The van der Waals surface area contributed by atoms with E-state index in [9.17, 15) is 13.2 Å². The summed E-state index contributed by atoms with van der Waals surface area (Å²) >= 11 is 0. The summed E-state index contributed by atoms with van der Waals surface area (Å²) in [5, 5.41) is 2.94. The van der Waals surface area contributed by atoms with E-state index in [0.29, 0.717) is 30.4 Å². The van der Waals surface area contributed by atoms with Gasteiger partial charge in [-0.25, -0.2) is 8.42 Å². The molecule has 1 saturated heterocycles. The van der Waals surface area contributed by atoms with Crippen LogP contribution in [0.5, 0.6) is 5.75 Å². The highest BCUT2D eigenvalue weighted by Crippen LogP contribution is 2.27. The van der Waals surface area contributed by atoms with Gasteiger partial charge < -0.3 is 10.1 Å². The van der Waals surface area contributed by atoms with E-state index in [1.807, 2.05) is 25.1 Å². The average molecular weight is 445 g/mol. The predicted octanol–water partition coefficient (Wildman–Crippen LogP) is 3.71. The van der Waals surface area contributed by atoms with Gasteiger partial charge in [-0.2, -0.15) is 4.31 Å². The minimum absolute atomic E-state index is 0.0234. The van der Waals surface area contributed by atoms with E-state index in [0.717, 1.165) is 29.7 Å². The summed E-state index contributed by atoms with van der Waals surface area (Å²) in [4.78, 5) is 12.6. The number of benzene rings is 2. The van der Waals surface area contributed by atoms with Crippen molar-refractivity contribution in [3.8, 4) is 5.75 Å². The van der Waals surface area contributed by atoms with Crippen LogP contribution in [0.3, 0.4) is 0 Å². The van der Waals surface area contributed by atoms with E-state index >= 15 is 0 Å². The lowest BCUT2D eigenvalue weighted by atomic mass is 9.98. The molecule has 1 aliphatic heterocycles. The second-order valence-corrected chi connectivity index (χ2v) is 10.4. The molecular weight excluding hydrogens is 412 g/mol. The molecule has 0 aliphatic carbocycles. The van der Waals surface area contributed by atoms with Crippen molar-refractivity contribution in [1.29, 1.82) is 0 Å². The second-order valence-electron chi connectivity index (χ2n) is 8.45. The number of amides is 1. The van der Waals surface area contributed by atoms with Gasteiger partial charge in [0.15, 0.2) is 6.61 Å². The molecule has 168 valence electrons. The number of hydrogen-bond acceptors (Lipinski definition) is 4. The zero-order valence-electron chi connectivity index (χ0n) is 18.5. The topological polar surface area (TPSA) is 75.7 Å². The third-order valence-corrected chi connectivity index (χ3v) is 7.61. The molecule has 1 heterocycles. The maximum atomic E-state index is 12.7. The van der Waals surface area contributed by atoms with Gasteiger partial charge in [0.05, 0.1) is 4.90 Å². The Bertz CT molecular complexity index is 982. The summed E-state index contributed by atoms with van der Waals surface area (Å²) in [6.07, 6.45) is 1.45. The van der Waals surface area contributed by atoms with Gasteiger partial charge in [-0.1, -0.05) is 44.2 Å². The van der Waals surface area contributed by atoms with Gasteiger partial charge >= 0.3 is 0 Å². The lowest BCUT2D eigenvalue weighted by Crippen LogP contribution is -2.42. The molecule has 0 radical (unpaired) electrons. The minimum atomic E-state index is -3.44. The highest BCUT2D eigenvalue weighted by atomic mass is 32.2. The molecule has 0 saturated carbocycles. The first-order valence-corrected chi connectivity index (χ1v) is 12.3. The molecule has 0 bridgehead atoms. The minimum Gasteiger partial charge on any atom is -0.483 e. The van der Waals surface area contributed by atoms with Crippen LogP contribution >= 0.6 is 0 Å². The van der Waals surface area contributed by atoms with Crippen LogP contribution in [0.1, 0.15) is 43.7 Å². The van der Waals surface area contributed by atoms with Gasteiger partial charge in [-0.15, -0.1) is 0 Å². The SMILES string of the molecule is Cc1ccc(C(C)C)c(OCC(=O)NCC2CCN(S(=O)(=O)c3ccccc3)CC2)c1. The maximum absolute atomic E-state index is 12.7. The number of ether oxygens (including phenoxy) is 1. The van der Waals surface area contributed by atoms with E-state index in [-0.39, 0.29) is 18.4 Å². The number of rotatable bonds is 8. The van der Waals surface area contributed by atoms with Gasteiger partial charge in [0.1, 0.15) is 5.75 Å². The Morgan fingerprint density at radius 1 is 1.13 bits per heavy atom. The van der Waals surface area contributed by atoms with Crippen molar-refractivity contribution >= 4 is 15.9 Å². The van der Waals surface area contributed by atoms with Gasteiger partial charge in [-0.05, 0) is 60.9 Å². The van der Waals surface area contributed by atoms with Gasteiger partial charge in [0, 0.05) is 19.6 Å². The van der Waals surface area contributed by atoms with Crippen molar-refractivity contribution in [1.82, 2.24) is 9.62 Å². The van der Waals surface area contributed by atoms with Gasteiger partial charge in [0.2, 0.25) is 10.0 Å². The summed E-state index contributed by atoms with van der Waals surface area (Å²) < 4.78 is 32.8. The number of hydrogen-bond donors (Lipinski definition) is 1. The molecule has 2 aromatic carbocycles. The highest BCUT2D eigenvalue weighted by Gasteiger charge is 2.29. The van der Waals surface area contributed by atoms with Crippen molar-refractivity contribution in [2.45, 2.75) is 44.4 Å². The number of sulfonamides is 1. The Morgan fingerprint density at radius 3 is 2.45 bits per heavy atom. The molecule has 0 spiro atoms. The Kier molecular flexibility index (Phi) is 7.73. The quantitative estimate of drug-likeness (QED) is 0.673. The Hall–Kier alpha value is -2.38. The number of carbonyl (C=O) groups is 1. The van der Waals surface area contributed by atoms with Crippen molar-refractivity contribution in [2.24, 2.45) is 5.92 Å². The van der Waals surface area contributed by atoms with E-state index in [2.05, 4.69) is 19.2 Å². The zero-order chi connectivity index (χ0) is 22.4. The fourth-order valence-corrected chi connectivity index (χ4v) is 5.28. The Morgan fingerprint density at radius 2 is 1.81 bits per heavy atom.